The molecule has 0 bridgehead atoms. The maximum absolute atomic E-state index is 5.74. The molecule has 2 aromatic rings. The lowest BCUT2D eigenvalue weighted by atomic mass is 10.2. The number of nitrogens with two attached hydrogens (primary N) is 1. The molecule has 2 aromatic heterocycles. The molecule has 96 valence electrons. The van der Waals surface area contributed by atoms with Crippen LogP contribution in [0.1, 0.15) is 25.5 Å². The fourth-order valence-electron chi connectivity index (χ4n) is 2.28. The van der Waals surface area contributed by atoms with Gasteiger partial charge in [-0.15, -0.1) is 0 Å². The molecule has 1 fully saturated rings. The van der Waals surface area contributed by atoms with Gasteiger partial charge in [0.25, 0.3) is 0 Å². The summed E-state index contributed by atoms with van der Waals surface area (Å²) in [6.45, 7) is 0.807. The highest BCUT2D eigenvalue weighted by Gasteiger charge is 2.19. The predicted molar refractivity (Wildman–Crippen MR) is 65.0 cm³/mol. The molecule has 0 aromatic carbocycles. The highest BCUT2D eigenvalue weighted by molar-refractivity contribution is 5.76. The number of nitrogens with zero attached hydrogens (tertiary/aromatic N) is 3. The van der Waals surface area contributed by atoms with E-state index in [9.17, 15) is 0 Å². The quantitative estimate of drug-likeness (QED) is 0.820. The summed E-state index contributed by atoms with van der Waals surface area (Å²) >= 11 is 0. The Labute approximate surface area is 105 Å². The molecule has 1 aliphatic rings. The number of hydrogen-bond acceptors (Lipinski definition) is 4. The van der Waals surface area contributed by atoms with Crippen molar-refractivity contribution in [3.8, 4) is 0 Å². The van der Waals surface area contributed by atoms with Crippen molar-refractivity contribution in [3.63, 3.8) is 0 Å². The molecule has 1 aliphatic heterocycles. The summed E-state index contributed by atoms with van der Waals surface area (Å²) in [4.78, 5) is 9.43. The maximum atomic E-state index is 5.74. The van der Waals surface area contributed by atoms with Crippen molar-refractivity contribution in [2.75, 3.05) is 13.7 Å². The topological polar surface area (TPSA) is 65.8 Å². The molecule has 0 aliphatic carbocycles. The third kappa shape index (κ3) is 2.10. The number of hydrogen-bond donors (Lipinski definition) is 1. The van der Waals surface area contributed by atoms with E-state index in [0.717, 1.165) is 36.2 Å². The van der Waals surface area contributed by atoms with Crippen LogP contribution in [-0.2, 0) is 9.57 Å². The molecule has 0 spiro atoms. The third-order valence-electron chi connectivity index (χ3n) is 3.14. The zero-order chi connectivity index (χ0) is 12.4. The molecular formula is C12H17N4O2+. The predicted octanol–water partition coefficient (Wildman–Crippen LogP) is 0.887. The molecule has 6 heteroatoms. The zero-order valence-electron chi connectivity index (χ0n) is 10.4. The van der Waals surface area contributed by atoms with Crippen LogP contribution in [-0.4, -0.2) is 28.5 Å². The fraction of sp³-hybridized carbons (Fsp3) is 0.500. The monoisotopic (exact) mass is 249 g/mol. The Morgan fingerprint density at radius 2 is 2.39 bits per heavy atom. The molecule has 3 heterocycles. The number of rotatable bonds is 3. The number of ether oxygens (including phenoxy) is 1. The summed E-state index contributed by atoms with van der Waals surface area (Å²) in [5.41, 5.74) is 3.48. The summed E-state index contributed by atoms with van der Waals surface area (Å²) in [6.07, 6.45) is 6.96. The highest BCUT2D eigenvalue weighted by atomic mass is 16.6. The summed E-state index contributed by atoms with van der Waals surface area (Å²) in [5, 5.41) is 5.40. The molecule has 3 rings (SSSR count). The summed E-state index contributed by atoms with van der Waals surface area (Å²) < 4.78 is 7.62. The first-order chi connectivity index (χ1) is 8.88. The minimum Gasteiger partial charge on any atom is -0.356 e. The van der Waals surface area contributed by atoms with Crippen molar-refractivity contribution in [1.82, 2.24) is 14.8 Å². The van der Waals surface area contributed by atoms with Gasteiger partial charge in [0.05, 0.1) is 19.5 Å². The molecule has 2 N–H and O–H groups in total. The second-order valence-corrected chi connectivity index (χ2v) is 4.45. The lowest BCUT2D eigenvalue weighted by molar-refractivity contribution is -0.830. The minimum absolute atomic E-state index is 0.0287. The van der Waals surface area contributed by atoms with Gasteiger partial charge in [-0.1, -0.05) is 0 Å². The van der Waals surface area contributed by atoms with Gasteiger partial charge in [-0.3, -0.25) is 0 Å². The molecule has 6 nitrogen and oxygen atoms in total. The first kappa shape index (κ1) is 11.6. The first-order valence-electron chi connectivity index (χ1n) is 6.19. The van der Waals surface area contributed by atoms with Crippen LogP contribution in [0.2, 0.25) is 0 Å². The van der Waals surface area contributed by atoms with Crippen molar-refractivity contribution in [2.45, 2.75) is 25.5 Å². The van der Waals surface area contributed by atoms with E-state index in [4.69, 9.17) is 9.57 Å². The van der Waals surface area contributed by atoms with Crippen LogP contribution in [0.3, 0.4) is 0 Å². The molecule has 0 amide bonds. The van der Waals surface area contributed by atoms with Crippen LogP contribution >= 0.6 is 0 Å². The summed E-state index contributed by atoms with van der Waals surface area (Å²) in [6, 6.07) is 2.01. The van der Waals surface area contributed by atoms with Crippen molar-refractivity contribution < 1.29 is 15.1 Å². The number of pyridine rings is 1. The molecule has 1 atom stereocenters. The van der Waals surface area contributed by atoms with Crippen LogP contribution in [0.4, 0.5) is 5.69 Å². The molecule has 1 unspecified atom stereocenters. The molecule has 0 saturated carbocycles. The van der Waals surface area contributed by atoms with Crippen molar-refractivity contribution >= 4 is 16.7 Å². The average Bonchev–Trinajstić information content (AvgIpc) is 2.83. The summed E-state index contributed by atoms with van der Waals surface area (Å²) in [5.74, 6) is 0. The van der Waals surface area contributed by atoms with Gasteiger partial charge < -0.3 is 4.74 Å². The Bertz CT molecular complexity index is 534. The van der Waals surface area contributed by atoms with Gasteiger partial charge in [0.15, 0.2) is 17.6 Å². The largest absolute Gasteiger partial charge is 0.356 e. The Balaban J connectivity index is 1.93. The normalized spacial score (nSPS) is 20.4. The van der Waals surface area contributed by atoms with Crippen LogP contribution in [0.15, 0.2) is 18.5 Å². The van der Waals surface area contributed by atoms with E-state index in [-0.39, 0.29) is 6.23 Å². The third-order valence-corrected chi connectivity index (χ3v) is 3.14. The lowest BCUT2D eigenvalue weighted by Gasteiger charge is -2.22. The van der Waals surface area contributed by atoms with Crippen molar-refractivity contribution in [3.05, 3.63) is 18.5 Å². The van der Waals surface area contributed by atoms with E-state index in [2.05, 4.69) is 10.1 Å². The molecule has 18 heavy (non-hydrogen) atoms. The Hall–Kier alpha value is -1.50. The second-order valence-electron chi connectivity index (χ2n) is 4.45. The van der Waals surface area contributed by atoms with Gasteiger partial charge in [-0.05, 0) is 19.3 Å². The molecular weight excluding hydrogens is 232 g/mol. The van der Waals surface area contributed by atoms with E-state index in [0.29, 0.717) is 0 Å². The van der Waals surface area contributed by atoms with Crippen LogP contribution in [0, 0.1) is 0 Å². The SMILES string of the molecule is CO[NH2+]c1cnc2c(cnn2C2CCCCO2)c1. The highest BCUT2D eigenvalue weighted by Crippen LogP contribution is 2.25. The second kappa shape index (κ2) is 5.01. The zero-order valence-corrected chi connectivity index (χ0v) is 10.4. The van der Waals surface area contributed by atoms with E-state index in [1.54, 1.807) is 18.8 Å². The van der Waals surface area contributed by atoms with E-state index >= 15 is 0 Å². The van der Waals surface area contributed by atoms with Crippen LogP contribution in [0.5, 0.6) is 0 Å². The van der Waals surface area contributed by atoms with Crippen LogP contribution < -0.4 is 5.48 Å². The standard InChI is InChI=1S/C12H16N4O2/c1-17-15-10-6-9-7-14-16(12(9)13-8-10)11-4-2-3-5-18-11/h6-8,11,15H,2-5H2,1H3/p+1. The van der Waals surface area contributed by atoms with Gasteiger partial charge in [-0.2, -0.15) is 10.6 Å². The van der Waals surface area contributed by atoms with Gasteiger partial charge in [0.2, 0.25) is 0 Å². The average molecular weight is 249 g/mol. The maximum Gasteiger partial charge on any atom is 0.181 e. The Kier molecular flexibility index (Phi) is 3.22. The van der Waals surface area contributed by atoms with Crippen molar-refractivity contribution in [2.24, 2.45) is 0 Å². The summed E-state index contributed by atoms with van der Waals surface area (Å²) in [7, 11) is 1.63. The number of fused-ring (bicyclic) bond motifs is 1. The van der Waals surface area contributed by atoms with Gasteiger partial charge in [0, 0.05) is 18.1 Å². The van der Waals surface area contributed by atoms with E-state index < -0.39 is 0 Å². The Morgan fingerprint density at radius 3 is 3.17 bits per heavy atom. The number of quaternary nitrogens is 1. The van der Waals surface area contributed by atoms with Gasteiger partial charge in [-0.25, -0.2) is 14.5 Å². The molecule has 1 saturated heterocycles. The van der Waals surface area contributed by atoms with Crippen LogP contribution in [0.25, 0.3) is 11.0 Å². The lowest BCUT2D eigenvalue weighted by Crippen LogP contribution is -2.75. The van der Waals surface area contributed by atoms with E-state index in [1.165, 1.54) is 6.42 Å². The van der Waals surface area contributed by atoms with Gasteiger partial charge in [0.1, 0.15) is 0 Å². The number of aromatic nitrogens is 3. The fourth-order valence-corrected chi connectivity index (χ4v) is 2.28. The molecule has 0 radical (unpaired) electrons. The van der Waals surface area contributed by atoms with Crippen molar-refractivity contribution in [1.29, 1.82) is 0 Å². The first-order valence-corrected chi connectivity index (χ1v) is 6.19. The Morgan fingerprint density at radius 1 is 1.44 bits per heavy atom. The minimum atomic E-state index is 0.0287. The van der Waals surface area contributed by atoms with Gasteiger partial charge >= 0.3 is 0 Å². The smallest absolute Gasteiger partial charge is 0.181 e. The van der Waals surface area contributed by atoms with E-state index in [1.807, 2.05) is 16.9 Å².